The van der Waals surface area contributed by atoms with Crippen molar-refractivity contribution < 1.29 is 32.3 Å². The molecule has 0 spiro atoms. The summed E-state index contributed by atoms with van der Waals surface area (Å²) in [5.41, 5.74) is 0.765. The zero-order valence-electron chi connectivity index (χ0n) is 29.4. The Hall–Kier alpha value is -2.46. The van der Waals surface area contributed by atoms with Gasteiger partial charge < -0.3 is 9.80 Å². The van der Waals surface area contributed by atoms with Crippen molar-refractivity contribution >= 4 is 35.5 Å². The van der Waals surface area contributed by atoms with Gasteiger partial charge in [0.1, 0.15) is 0 Å². The summed E-state index contributed by atoms with van der Waals surface area (Å²) in [7, 11) is 0. The third kappa shape index (κ3) is 10.0. The largest absolute Gasteiger partial charge is 0.446 e. The fourth-order valence-electron chi connectivity index (χ4n) is 7.19. The number of carbonyl (C=O) groups is 4. The smallest absolute Gasteiger partial charge is 0.334 e. The second kappa shape index (κ2) is 14.6. The van der Waals surface area contributed by atoms with Gasteiger partial charge in [-0.1, -0.05) is 58.4 Å². The molecule has 3 fully saturated rings. The third-order valence-corrected chi connectivity index (χ3v) is 10.3. The Morgan fingerprint density at radius 3 is 1.89 bits per heavy atom. The van der Waals surface area contributed by atoms with Crippen molar-refractivity contribution in [3.05, 3.63) is 34.9 Å². The summed E-state index contributed by atoms with van der Waals surface area (Å²) in [4.78, 5) is 56.5. The molecule has 2 amide bonds. The normalized spacial score (nSPS) is 25.6. The first-order valence-corrected chi connectivity index (χ1v) is 17.0. The predicted molar refractivity (Wildman–Crippen MR) is 178 cm³/mol. The van der Waals surface area contributed by atoms with Crippen molar-refractivity contribution in [2.45, 2.75) is 130 Å². The Balaban J connectivity index is 0.000000913. The lowest BCUT2D eigenvalue weighted by molar-refractivity contribution is -0.156. The second-order valence-electron chi connectivity index (χ2n) is 16.4. The van der Waals surface area contributed by atoms with E-state index in [-0.39, 0.29) is 52.5 Å². The zero-order chi connectivity index (χ0) is 35.7. The van der Waals surface area contributed by atoms with Crippen LogP contribution < -0.4 is 0 Å². The van der Waals surface area contributed by atoms with E-state index in [1.165, 1.54) is 0 Å². The lowest BCUT2D eigenvalue weighted by Crippen LogP contribution is -2.54. The minimum atomic E-state index is -4.64. The van der Waals surface area contributed by atoms with Crippen LogP contribution in [0.1, 0.15) is 106 Å². The van der Waals surface area contributed by atoms with Gasteiger partial charge in [-0.3, -0.25) is 24.1 Å². The Morgan fingerprint density at radius 2 is 1.45 bits per heavy atom. The molecule has 0 radical (unpaired) electrons. The molecule has 4 rings (SSSR count). The standard InChI is InChI=1S/C34H52ClN3O3.C2HF3O/c1-22(39)29-18-26(38(31(41)32(2,3)4)25-14-16-34(8,9)17-15-25)19-37(29)30(40)28-21-36(33(5,6)7)20-27(28)23-10-12-24(35)13-11-23;3-2(4,5)1-6/h10-13,25-29H,14-21H2,1-9H3;1H/t26-,27-,28?,29+;/m0./s1. The van der Waals surface area contributed by atoms with Crippen molar-refractivity contribution in [2.24, 2.45) is 16.7 Å². The topological polar surface area (TPSA) is 78.0 Å². The molecule has 0 bridgehead atoms. The van der Waals surface area contributed by atoms with Crippen LogP contribution in [0.2, 0.25) is 5.02 Å². The molecule has 0 N–H and O–H groups in total. The van der Waals surface area contributed by atoms with Gasteiger partial charge in [-0.2, -0.15) is 13.2 Å². The number of carbonyl (C=O) groups excluding carboxylic acids is 4. The molecule has 4 atom stereocenters. The maximum atomic E-state index is 14.5. The summed E-state index contributed by atoms with van der Waals surface area (Å²) in [6.07, 6.45) is -1.11. The summed E-state index contributed by atoms with van der Waals surface area (Å²) in [6, 6.07) is 7.34. The number of ketones is 1. The van der Waals surface area contributed by atoms with Crippen molar-refractivity contribution in [3.63, 3.8) is 0 Å². The number of hydrogen-bond donors (Lipinski definition) is 0. The number of Topliss-reactive ketones (excluding diaryl/α,β-unsaturated/α-hetero) is 1. The van der Waals surface area contributed by atoms with Crippen molar-refractivity contribution in [1.29, 1.82) is 0 Å². The molecule has 47 heavy (non-hydrogen) atoms. The SMILES string of the molecule is CC(=O)[C@H]1C[C@H](N(C(=O)C(C)(C)C)C2CCC(C)(C)CC2)CN1C(=O)C1CN(C(C)(C)C)C[C@H]1c1ccc(Cl)cc1.O=CC(F)(F)F. The number of aldehydes is 1. The molecule has 3 aliphatic rings. The molecule has 1 aliphatic carbocycles. The van der Waals surface area contributed by atoms with Gasteiger partial charge in [0.2, 0.25) is 18.1 Å². The van der Waals surface area contributed by atoms with E-state index >= 15 is 0 Å². The first-order valence-electron chi connectivity index (χ1n) is 16.6. The van der Waals surface area contributed by atoms with Gasteiger partial charge in [-0.25, -0.2) is 0 Å². The zero-order valence-corrected chi connectivity index (χ0v) is 30.2. The van der Waals surface area contributed by atoms with Gasteiger partial charge in [-0.15, -0.1) is 0 Å². The monoisotopic (exact) mass is 683 g/mol. The van der Waals surface area contributed by atoms with Crippen LogP contribution >= 0.6 is 11.6 Å². The van der Waals surface area contributed by atoms with Gasteiger partial charge in [0.05, 0.1) is 18.0 Å². The number of likely N-dealkylation sites (tertiary alicyclic amines) is 2. The average Bonchev–Trinajstić information content (AvgIpc) is 3.60. The van der Waals surface area contributed by atoms with Gasteiger partial charge >= 0.3 is 6.18 Å². The minimum Gasteiger partial charge on any atom is -0.334 e. The molecular formula is C36H53ClF3N3O4. The van der Waals surface area contributed by atoms with Crippen LogP contribution in [-0.2, 0) is 19.2 Å². The Labute approximate surface area is 283 Å². The minimum absolute atomic E-state index is 0.00232. The molecule has 2 heterocycles. The van der Waals surface area contributed by atoms with Gasteiger partial charge in [0.15, 0.2) is 5.78 Å². The highest BCUT2D eigenvalue weighted by molar-refractivity contribution is 6.30. The van der Waals surface area contributed by atoms with Crippen LogP contribution in [0.4, 0.5) is 13.2 Å². The number of hydrogen-bond acceptors (Lipinski definition) is 5. The fraction of sp³-hybridized carbons (Fsp3) is 0.722. The molecule has 1 aromatic carbocycles. The molecule has 1 saturated carbocycles. The molecule has 264 valence electrons. The maximum absolute atomic E-state index is 14.5. The molecule has 2 aliphatic heterocycles. The molecule has 2 saturated heterocycles. The number of halogens is 4. The van der Waals surface area contributed by atoms with E-state index in [0.29, 0.717) is 24.5 Å². The van der Waals surface area contributed by atoms with E-state index in [4.69, 9.17) is 16.4 Å². The van der Waals surface area contributed by atoms with Crippen molar-refractivity contribution in [3.8, 4) is 0 Å². The molecule has 1 aromatic rings. The Bertz CT molecular complexity index is 1280. The quantitative estimate of drug-likeness (QED) is 0.305. The van der Waals surface area contributed by atoms with Gasteiger partial charge in [0.25, 0.3) is 0 Å². The first kappa shape index (κ1) is 39.0. The summed E-state index contributed by atoms with van der Waals surface area (Å²) >= 11 is 6.20. The van der Waals surface area contributed by atoms with Crippen molar-refractivity contribution in [2.75, 3.05) is 19.6 Å². The highest BCUT2D eigenvalue weighted by Crippen LogP contribution is 2.42. The summed E-state index contributed by atoms with van der Waals surface area (Å²) < 4.78 is 31.2. The van der Waals surface area contributed by atoms with E-state index in [1.807, 2.05) is 49.9 Å². The fourth-order valence-corrected chi connectivity index (χ4v) is 7.31. The highest BCUT2D eigenvalue weighted by Gasteiger charge is 2.50. The number of alkyl halides is 3. The molecule has 1 unspecified atom stereocenters. The van der Waals surface area contributed by atoms with Gasteiger partial charge in [-0.05, 0) is 82.9 Å². The number of benzene rings is 1. The maximum Gasteiger partial charge on any atom is 0.446 e. The Morgan fingerprint density at radius 1 is 0.915 bits per heavy atom. The van der Waals surface area contributed by atoms with Crippen LogP contribution in [0.15, 0.2) is 24.3 Å². The second-order valence-corrected chi connectivity index (χ2v) is 16.8. The highest BCUT2D eigenvalue weighted by atomic mass is 35.5. The summed E-state index contributed by atoms with van der Waals surface area (Å²) in [6.45, 7) is 20.5. The molecule has 7 nitrogen and oxygen atoms in total. The average molecular weight is 684 g/mol. The van der Waals surface area contributed by atoms with Crippen LogP contribution in [-0.4, -0.2) is 88.1 Å². The van der Waals surface area contributed by atoms with Crippen LogP contribution in [0.3, 0.4) is 0 Å². The molecule has 0 aromatic heterocycles. The number of rotatable bonds is 5. The van der Waals surface area contributed by atoms with E-state index in [0.717, 1.165) is 37.8 Å². The third-order valence-electron chi connectivity index (χ3n) is 10.0. The predicted octanol–water partition coefficient (Wildman–Crippen LogP) is 7.30. The molecule has 11 heteroatoms. The first-order chi connectivity index (χ1) is 21.4. The van der Waals surface area contributed by atoms with Crippen molar-refractivity contribution in [1.82, 2.24) is 14.7 Å². The lowest BCUT2D eigenvalue weighted by Gasteiger charge is -2.45. The van der Waals surface area contributed by atoms with E-state index < -0.39 is 23.9 Å². The lowest BCUT2D eigenvalue weighted by atomic mass is 9.74. The molecular weight excluding hydrogens is 631 g/mol. The van der Waals surface area contributed by atoms with E-state index in [1.54, 1.807) is 6.92 Å². The summed E-state index contributed by atoms with van der Waals surface area (Å²) in [5.74, 6) is -0.0887. The van der Waals surface area contributed by atoms with Gasteiger partial charge in [0, 0.05) is 47.6 Å². The van der Waals surface area contributed by atoms with Crippen LogP contribution in [0, 0.1) is 16.7 Å². The number of amides is 2. The summed E-state index contributed by atoms with van der Waals surface area (Å²) in [5, 5.41) is 0.677. The van der Waals surface area contributed by atoms with E-state index in [9.17, 15) is 27.6 Å². The van der Waals surface area contributed by atoms with Crippen LogP contribution in [0.5, 0.6) is 0 Å². The van der Waals surface area contributed by atoms with E-state index in [2.05, 4.69) is 44.4 Å². The van der Waals surface area contributed by atoms with Crippen LogP contribution in [0.25, 0.3) is 0 Å². The number of nitrogens with zero attached hydrogens (tertiary/aromatic N) is 3. The Kier molecular flexibility index (Phi) is 12.1.